The minimum absolute atomic E-state index is 0.0318. The Morgan fingerprint density at radius 3 is 1.79 bits per heavy atom. The highest BCUT2D eigenvalue weighted by Crippen LogP contribution is 2.48. The summed E-state index contributed by atoms with van der Waals surface area (Å²) in [4.78, 5) is 1.35. The van der Waals surface area contributed by atoms with Crippen LogP contribution in [0, 0.1) is 13.8 Å². The molecular formula is C22H21OS+. The molecule has 3 aromatic carbocycles. The zero-order valence-corrected chi connectivity index (χ0v) is 14.9. The molecule has 0 saturated carbocycles. The van der Waals surface area contributed by atoms with Crippen LogP contribution in [0.5, 0.6) is 0 Å². The first-order valence-corrected chi connectivity index (χ1v) is 9.55. The van der Waals surface area contributed by atoms with Crippen molar-refractivity contribution in [3.63, 3.8) is 0 Å². The summed E-state index contributed by atoms with van der Waals surface area (Å²) in [6.07, 6.45) is 0.722. The van der Waals surface area contributed by atoms with Gasteiger partial charge in [-0.25, -0.2) is 0 Å². The van der Waals surface area contributed by atoms with Gasteiger partial charge >= 0.3 is 0 Å². The smallest absolute Gasteiger partial charge is 0.187 e. The predicted octanol–water partition coefficient (Wildman–Crippen LogP) is 5.88. The molecule has 4 aromatic rings. The summed E-state index contributed by atoms with van der Waals surface area (Å²) in [6, 6.07) is 22.4. The number of fused-ring (bicyclic) bond motifs is 3. The summed E-state index contributed by atoms with van der Waals surface area (Å²) >= 11 is 0. The van der Waals surface area contributed by atoms with E-state index in [4.69, 9.17) is 5.11 Å². The van der Waals surface area contributed by atoms with E-state index in [9.17, 15) is 0 Å². The number of aliphatic hydroxyl groups is 1. The lowest BCUT2D eigenvalue weighted by molar-refractivity contribution is 0.299. The molecule has 1 nitrogen and oxygen atoms in total. The normalized spacial score (nSPS) is 11.5. The molecule has 24 heavy (non-hydrogen) atoms. The second kappa shape index (κ2) is 6.04. The van der Waals surface area contributed by atoms with Gasteiger partial charge in [0.1, 0.15) is 0 Å². The molecule has 1 N–H and O–H groups in total. The highest BCUT2D eigenvalue weighted by atomic mass is 32.2. The van der Waals surface area contributed by atoms with Crippen LogP contribution < -0.4 is 0 Å². The van der Waals surface area contributed by atoms with Gasteiger partial charge in [-0.15, -0.1) is 0 Å². The van der Waals surface area contributed by atoms with Crippen LogP contribution in [0.3, 0.4) is 0 Å². The summed E-state index contributed by atoms with van der Waals surface area (Å²) in [7, 11) is -0.0318. The van der Waals surface area contributed by atoms with Crippen molar-refractivity contribution in [2.45, 2.75) is 20.3 Å². The van der Waals surface area contributed by atoms with E-state index >= 15 is 0 Å². The summed E-state index contributed by atoms with van der Waals surface area (Å²) < 4.78 is 2.85. The van der Waals surface area contributed by atoms with Crippen molar-refractivity contribution in [3.05, 3.63) is 77.4 Å². The molecule has 0 atom stereocenters. The molecule has 0 saturated heterocycles. The Labute approximate surface area is 145 Å². The van der Waals surface area contributed by atoms with E-state index in [1.807, 2.05) is 0 Å². The minimum Gasteiger partial charge on any atom is -0.396 e. The van der Waals surface area contributed by atoms with Gasteiger partial charge in [0, 0.05) is 27.8 Å². The van der Waals surface area contributed by atoms with Crippen molar-refractivity contribution >= 4 is 30.6 Å². The monoisotopic (exact) mass is 333 g/mol. The first-order chi connectivity index (χ1) is 11.7. The van der Waals surface area contributed by atoms with Crippen LogP contribution >= 0.6 is 10.5 Å². The van der Waals surface area contributed by atoms with Crippen LogP contribution in [0.25, 0.3) is 25.1 Å². The molecular weight excluding hydrogens is 312 g/mol. The van der Waals surface area contributed by atoms with Gasteiger partial charge in [-0.1, -0.05) is 35.4 Å². The third-order valence-corrected chi connectivity index (χ3v) is 6.89. The predicted molar refractivity (Wildman–Crippen MR) is 106 cm³/mol. The van der Waals surface area contributed by atoms with Gasteiger partial charge in [-0.2, -0.15) is 0 Å². The fourth-order valence-corrected chi connectivity index (χ4v) is 5.70. The van der Waals surface area contributed by atoms with Gasteiger partial charge in [0.2, 0.25) is 0 Å². The van der Waals surface area contributed by atoms with E-state index < -0.39 is 0 Å². The lowest BCUT2D eigenvalue weighted by Crippen LogP contribution is -1.89. The van der Waals surface area contributed by atoms with Crippen molar-refractivity contribution in [1.82, 2.24) is 0 Å². The van der Waals surface area contributed by atoms with E-state index in [0.717, 1.165) is 6.42 Å². The molecule has 0 bridgehead atoms. The molecule has 0 fully saturated rings. The lowest BCUT2D eigenvalue weighted by Gasteiger charge is -1.98. The van der Waals surface area contributed by atoms with Crippen LogP contribution in [-0.2, 0) is 6.42 Å². The third-order valence-electron chi connectivity index (χ3n) is 4.56. The van der Waals surface area contributed by atoms with E-state index in [0.29, 0.717) is 0 Å². The molecule has 4 rings (SSSR count). The van der Waals surface area contributed by atoms with E-state index in [-0.39, 0.29) is 17.1 Å². The average molecular weight is 333 g/mol. The fraction of sp³-hybridized carbons (Fsp3) is 0.182. The summed E-state index contributed by atoms with van der Waals surface area (Å²) in [5.41, 5.74) is 3.81. The Hall–Kier alpha value is -2.16. The van der Waals surface area contributed by atoms with Crippen LogP contribution in [-0.4, -0.2) is 11.7 Å². The first-order valence-electron chi connectivity index (χ1n) is 8.33. The Balaban J connectivity index is 2.02. The molecule has 2 heteroatoms. The fourth-order valence-electron chi connectivity index (χ4n) is 3.36. The van der Waals surface area contributed by atoms with Gasteiger partial charge in [0.25, 0.3) is 0 Å². The van der Waals surface area contributed by atoms with Crippen LogP contribution in [0.4, 0.5) is 0 Å². The van der Waals surface area contributed by atoms with Crippen molar-refractivity contribution < 1.29 is 5.11 Å². The van der Waals surface area contributed by atoms with Gasteiger partial charge < -0.3 is 5.11 Å². The molecule has 1 heterocycles. The second-order valence-electron chi connectivity index (χ2n) is 6.42. The number of hydrogen-bond acceptors (Lipinski definition) is 1. The molecule has 0 unspecified atom stereocenters. The maximum Gasteiger partial charge on any atom is 0.187 e. The largest absolute Gasteiger partial charge is 0.396 e. The summed E-state index contributed by atoms with van der Waals surface area (Å²) in [6.45, 7) is 4.53. The van der Waals surface area contributed by atoms with Crippen molar-refractivity contribution in [2.75, 3.05) is 6.61 Å². The van der Waals surface area contributed by atoms with Gasteiger partial charge in [0.15, 0.2) is 14.3 Å². The number of benzene rings is 3. The topological polar surface area (TPSA) is 20.2 Å². The van der Waals surface area contributed by atoms with E-state index in [2.05, 4.69) is 74.5 Å². The Kier molecular flexibility index (Phi) is 3.87. The number of thiophene rings is 1. The highest BCUT2D eigenvalue weighted by Gasteiger charge is 2.23. The number of hydrogen-bond donors (Lipinski definition) is 1. The minimum atomic E-state index is -0.0318. The average Bonchev–Trinajstić information content (AvgIpc) is 2.89. The highest BCUT2D eigenvalue weighted by molar-refractivity contribution is 7.50. The van der Waals surface area contributed by atoms with Crippen LogP contribution in [0.2, 0.25) is 0 Å². The van der Waals surface area contributed by atoms with Gasteiger partial charge in [-0.3, -0.25) is 0 Å². The zero-order chi connectivity index (χ0) is 16.7. The molecule has 0 aliphatic rings. The third kappa shape index (κ3) is 2.52. The lowest BCUT2D eigenvalue weighted by atomic mass is 10.1. The van der Waals surface area contributed by atoms with Gasteiger partial charge in [0.05, 0.1) is 0 Å². The molecule has 0 amide bonds. The summed E-state index contributed by atoms with van der Waals surface area (Å²) in [5.74, 6) is 0. The standard InChI is InChI=1S/C22H21OS/c1-15-3-9-21-19(13-15)20-14-16(2)4-10-22(20)24(21)18-7-5-17(6-8-18)11-12-23/h3-10,13-14,23H,11-12H2,1-2H3/q+1. The zero-order valence-electron chi connectivity index (χ0n) is 14.0. The molecule has 0 radical (unpaired) electrons. The SMILES string of the molecule is Cc1ccc2c(c1)c1cc(C)ccc1[s+]2-c1ccc(CCO)cc1. The van der Waals surface area contributed by atoms with Crippen LogP contribution in [0.15, 0.2) is 60.7 Å². The van der Waals surface area contributed by atoms with Crippen molar-refractivity contribution in [2.24, 2.45) is 0 Å². The van der Waals surface area contributed by atoms with Crippen LogP contribution in [0.1, 0.15) is 16.7 Å². The number of rotatable bonds is 3. The Morgan fingerprint density at radius 2 is 1.29 bits per heavy atom. The quantitative estimate of drug-likeness (QED) is 0.464. The van der Waals surface area contributed by atoms with Crippen molar-refractivity contribution in [3.8, 4) is 4.90 Å². The van der Waals surface area contributed by atoms with Crippen molar-refractivity contribution in [1.29, 1.82) is 0 Å². The number of aryl methyl sites for hydroxylation is 2. The summed E-state index contributed by atoms with van der Waals surface area (Å²) in [5, 5.41) is 11.9. The number of aliphatic hydroxyl groups excluding tert-OH is 1. The molecule has 120 valence electrons. The van der Waals surface area contributed by atoms with E-state index in [1.54, 1.807) is 0 Å². The first kappa shape index (κ1) is 15.4. The van der Waals surface area contributed by atoms with Gasteiger partial charge in [-0.05, 0) is 62.2 Å². The van der Waals surface area contributed by atoms with E-state index in [1.165, 1.54) is 41.8 Å². The maximum atomic E-state index is 9.11. The maximum absolute atomic E-state index is 9.11. The second-order valence-corrected chi connectivity index (χ2v) is 8.39. The Bertz CT molecular complexity index is 966. The molecule has 0 spiro atoms. The molecule has 0 aliphatic heterocycles. The molecule has 1 aromatic heterocycles. The Morgan fingerprint density at radius 1 is 0.750 bits per heavy atom. The molecule has 0 aliphatic carbocycles.